The standard InChI is InChI=1S/C19H33N5.HI/c1-20-19(21-11-6-10-18-8-4-3-5-9-18)22-12-15-24-14-7-13-23(2)16-17-24;/h3-5,8-9H,6-7,10-17H2,1-2H3,(H2,20,21,22);1H. The Labute approximate surface area is 170 Å². The summed E-state index contributed by atoms with van der Waals surface area (Å²) in [7, 11) is 4.05. The molecule has 0 spiro atoms. The Morgan fingerprint density at radius 3 is 2.56 bits per heavy atom. The Hall–Kier alpha value is -0.860. The summed E-state index contributed by atoms with van der Waals surface area (Å²) in [4.78, 5) is 9.27. The second-order valence-electron chi connectivity index (χ2n) is 6.51. The summed E-state index contributed by atoms with van der Waals surface area (Å²) >= 11 is 0. The third-order valence-electron chi connectivity index (χ3n) is 4.53. The number of halogens is 1. The lowest BCUT2D eigenvalue weighted by Crippen LogP contribution is -2.42. The SMILES string of the molecule is CN=C(NCCCc1ccccc1)NCCN1CCCN(C)CC1.I. The fraction of sp³-hybridized carbons (Fsp3) is 0.632. The zero-order valence-electron chi connectivity index (χ0n) is 15.7. The third-order valence-corrected chi connectivity index (χ3v) is 4.53. The number of hydrogen-bond donors (Lipinski definition) is 2. The van der Waals surface area contributed by atoms with Gasteiger partial charge in [-0.2, -0.15) is 0 Å². The van der Waals surface area contributed by atoms with E-state index in [9.17, 15) is 0 Å². The zero-order chi connectivity index (χ0) is 17.0. The minimum atomic E-state index is 0. The molecule has 0 aliphatic carbocycles. The molecule has 0 unspecified atom stereocenters. The highest BCUT2D eigenvalue weighted by Gasteiger charge is 2.11. The Morgan fingerprint density at radius 1 is 1.04 bits per heavy atom. The molecule has 1 fully saturated rings. The molecular weight excluding hydrogens is 425 g/mol. The van der Waals surface area contributed by atoms with Gasteiger partial charge >= 0.3 is 0 Å². The van der Waals surface area contributed by atoms with Gasteiger partial charge in [-0.1, -0.05) is 30.3 Å². The maximum absolute atomic E-state index is 4.31. The van der Waals surface area contributed by atoms with Gasteiger partial charge in [0.15, 0.2) is 5.96 Å². The van der Waals surface area contributed by atoms with Gasteiger partial charge in [-0.25, -0.2) is 0 Å². The van der Waals surface area contributed by atoms with Crippen molar-refractivity contribution in [3.05, 3.63) is 35.9 Å². The van der Waals surface area contributed by atoms with Gasteiger partial charge in [-0.3, -0.25) is 4.99 Å². The Bertz CT molecular complexity index is 480. The van der Waals surface area contributed by atoms with Crippen LogP contribution in [0.5, 0.6) is 0 Å². The molecule has 6 heteroatoms. The predicted octanol–water partition coefficient (Wildman–Crippen LogP) is 2.04. The number of guanidine groups is 1. The van der Waals surface area contributed by atoms with Crippen molar-refractivity contribution in [2.75, 3.05) is 59.9 Å². The first-order chi connectivity index (χ1) is 11.8. The molecule has 1 aliphatic heterocycles. The van der Waals surface area contributed by atoms with Crippen LogP contribution in [0.1, 0.15) is 18.4 Å². The van der Waals surface area contributed by atoms with Crippen molar-refractivity contribution in [3.8, 4) is 0 Å². The molecule has 0 radical (unpaired) electrons. The van der Waals surface area contributed by atoms with E-state index in [4.69, 9.17) is 0 Å². The van der Waals surface area contributed by atoms with Gasteiger partial charge in [0, 0.05) is 39.8 Å². The Balaban J connectivity index is 0.00000312. The molecule has 1 saturated heterocycles. The number of benzene rings is 1. The van der Waals surface area contributed by atoms with Gasteiger partial charge < -0.3 is 20.4 Å². The molecule has 5 nitrogen and oxygen atoms in total. The molecule has 1 heterocycles. The average Bonchev–Trinajstić information content (AvgIpc) is 2.82. The summed E-state index contributed by atoms with van der Waals surface area (Å²) in [6.45, 7) is 7.74. The average molecular weight is 459 g/mol. The molecule has 2 rings (SSSR count). The van der Waals surface area contributed by atoms with Crippen molar-refractivity contribution in [1.29, 1.82) is 0 Å². The summed E-state index contributed by atoms with van der Waals surface area (Å²) < 4.78 is 0. The van der Waals surface area contributed by atoms with E-state index >= 15 is 0 Å². The monoisotopic (exact) mass is 459 g/mol. The lowest BCUT2D eigenvalue weighted by Gasteiger charge is -2.21. The molecule has 0 aromatic heterocycles. The molecule has 2 N–H and O–H groups in total. The van der Waals surface area contributed by atoms with Crippen LogP contribution in [0.4, 0.5) is 0 Å². The van der Waals surface area contributed by atoms with E-state index in [0.29, 0.717) is 0 Å². The van der Waals surface area contributed by atoms with Crippen LogP contribution in [0.25, 0.3) is 0 Å². The van der Waals surface area contributed by atoms with Gasteiger partial charge in [-0.05, 0) is 45.0 Å². The topological polar surface area (TPSA) is 42.9 Å². The molecule has 0 amide bonds. The molecule has 1 aromatic carbocycles. The van der Waals surface area contributed by atoms with Crippen LogP contribution in [0.3, 0.4) is 0 Å². The molecule has 0 bridgehead atoms. The van der Waals surface area contributed by atoms with Crippen molar-refractivity contribution in [1.82, 2.24) is 20.4 Å². The Kier molecular flexibility index (Phi) is 11.9. The molecule has 1 aliphatic rings. The van der Waals surface area contributed by atoms with Gasteiger partial charge in [0.2, 0.25) is 0 Å². The first-order valence-electron chi connectivity index (χ1n) is 9.17. The predicted molar refractivity (Wildman–Crippen MR) is 118 cm³/mol. The number of nitrogens with zero attached hydrogens (tertiary/aromatic N) is 3. The van der Waals surface area contributed by atoms with Crippen LogP contribution in [-0.4, -0.2) is 75.7 Å². The largest absolute Gasteiger partial charge is 0.356 e. The number of aliphatic imine (C=N–C) groups is 1. The van der Waals surface area contributed by atoms with E-state index in [1.165, 1.54) is 38.2 Å². The summed E-state index contributed by atoms with van der Waals surface area (Å²) in [5.74, 6) is 0.912. The van der Waals surface area contributed by atoms with Gasteiger partial charge in [0.05, 0.1) is 0 Å². The number of nitrogens with one attached hydrogen (secondary N) is 2. The zero-order valence-corrected chi connectivity index (χ0v) is 18.0. The summed E-state index contributed by atoms with van der Waals surface area (Å²) in [5, 5.41) is 6.84. The highest BCUT2D eigenvalue weighted by Crippen LogP contribution is 2.01. The van der Waals surface area contributed by atoms with Gasteiger partial charge in [-0.15, -0.1) is 24.0 Å². The molecule has 25 heavy (non-hydrogen) atoms. The highest BCUT2D eigenvalue weighted by molar-refractivity contribution is 14.0. The normalized spacial score (nSPS) is 16.8. The van der Waals surface area contributed by atoms with Crippen molar-refractivity contribution in [3.63, 3.8) is 0 Å². The van der Waals surface area contributed by atoms with Crippen LogP contribution < -0.4 is 10.6 Å². The third kappa shape index (κ3) is 9.42. The van der Waals surface area contributed by atoms with Crippen molar-refractivity contribution < 1.29 is 0 Å². The minimum Gasteiger partial charge on any atom is -0.356 e. The second-order valence-corrected chi connectivity index (χ2v) is 6.51. The van der Waals surface area contributed by atoms with E-state index in [-0.39, 0.29) is 24.0 Å². The molecule has 1 aromatic rings. The fourth-order valence-corrected chi connectivity index (χ4v) is 3.02. The summed E-state index contributed by atoms with van der Waals surface area (Å²) in [5.41, 5.74) is 1.40. The van der Waals surface area contributed by atoms with E-state index in [1.54, 1.807) is 0 Å². The van der Waals surface area contributed by atoms with Crippen LogP contribution in [-0.2, 0) is 6.42 Å². The molecular formula is C19H34IN5. The Morgan fingerprint density at radius 2 is 1.80 bits per heavy atom. The van der Waals surface area contributed by atoms with E-state index in [2.05, 4.69) is 62.8 Å². The van der Waals surface area contributed by atoms with Gasteiger partial charge in [0.1, 0.15) is 0 Å². The summed E-state index contributed by atoms with van der Waals surface area (Å²) in [6.07, 6.45) is 3.48. The lowest BCUT2D eigenvalue weighted by atomic mass is 10.1. The van der Waals surface area contributed by atoms with Crippen LogP contribution in [0.15, 0.2) is 35.3 Å². The number of aryl methyl sites for hydroxylation is 1. The smallest absolute Gasteiger partial charge is 0.191 e. The highest BCUT2D eigenvalue weighted by atomic mass is 127. The number of rotatable bonds is 7. The first-order valence-corrected chi connectivity index (χ1v) is 9.17. The fourth-order valence-electron chi connectivity index (χ4n) is 3.02. The van der Waals surface area contributed by atoms with Crippen LogP contribution in [0.2, 0.25) is 0 Å². The maximum atomic E-state index is 4.31. The first kappa shape index (κ1) is 22.2. The minimum absolute atomic E-state index is 0. The number of hydrogen-bond acceptors (Lipinski definition) is 3. The van der Waals surface area contributed by atoms with Crippen molar-refractivity contribution in [2.24, 2.45) is 4.99 Å². The van der Waals surface area contributed by atoms with Crippen molar-refractivity contribution in [2.45, 2.75) is 19.3 Å². The number of likely N-dealkylation sites (N-methyl/N-ethyl adjacent to an activating group) is 1. The quantitative estimate of drug-likeness (QED) is 0.284. The molecule has 0 atom stereocenters. The van der Waals surface area contributed by atoms with Gasteiger partial charge in [0.25, 0.3) is 0 Å². The van der Waals surface area contributed by atoms with Crippen LogP contribution in [0, 0.1) is 0 Å². The van der Waals surface area contributed by atoms with E-state index in [1.807, 2.05) is 7.05 Å². The van der Waals surface area contributed by atoms with Crippen molar-refractivity contribution >= 4 is 29.9 Å². The molecule has 0 saturated carbocycles. The lowest BCUT2D eigenvalue weighted by molar-refractivity contribution is 0.280. The maximum Gasteiger partial charge on any atom is 0.191 e. The summed E-state index contributed by atoms with van der Waals surface area (Å²) in [6, 6.07) is 10.6. The van der Waals surface area contributed by atoms with E-state index in [0.717, 1.165) is 38.4 Å². The van der Waals surface area contributed by atoms with Crippen LogP contribution >= 0.6 is 24.0 Å². The van der Waals surface area contributed by atoms with E-state index < -0.39 is 0 Å². The molecule has 142 valence electrons. The second kappa shape index (κ2) is 13.4.